The molecule has 1 atom stereocenters. The predicted molar refractivity (Wildman–Crippen MR) is 114 cm³/mol. The maximum atomic E-state index is 13.3. The Morgan fingerprint density at radius 3 is 2.77 bits per heavy atom. The predicted octanol–water partition coefficient (Wildman–Crippen LogP) is 2.19. The molecule has 1 unspecified atom stereocenters. The van der Waals surface area contributed by atoms with Crippen LogP contribution in [0.5, 0.6) is 0 Å². The maximum Gasteiger partial charge on any atom is 0.261 e. The molecule has 0 bridgehead atoms. The summed E-state index contributed by atoms with van der Waals surface area (Å²) in [7, 11) is 0. The largest absolute Gasteiger partial charge is 0.372 e. The highest BCUT2D eigenvalue weighted by Gasteiger charge is 2.32. The molecule has 2 saturated heterocycles. The summed E-state index contributed by atoms with van der Waals surface area (Å²) < 4.78 is 7.31. The number of aromatic nitrogens is 2. The number of likely N-dealkylation sites (tertiary alicyclic amines) is 1. The third kappa shape index (κ3) is 4.01. The van der Waals surface area contributed by atoms with Crippen LogP contribution in [0.2, 0.25) is 0 Å². The lowest BCUT2D eigenvalue weighted by atomic mass is 10.1. The minimum atomic E-state index is 0.0812. The molecular weight excluding hydrogens is 380 g/mol. The third-order valence-corrected chi connectivity index (χ3v) is 6.64. The fourth-order valence-electron chi connectivity index (χ4n) is 4.78. The molecule has 2 aliphatic heterocycles. The quantitative estimate of drug-likeness (QED) is 0.730. The Labute approximate surface area is 176 Å². The molecule has 0 spiro atoms. The Bertz CT molecular complexity index is 984. The second kappa shape index (κ2) is 8.47. The number of carbonyl (C=O) groups excluding carboxylic acids is 1. The van der Waals surface area contributed by atoms with Gasteiger partial charge in [0.15, 0.2) is 0 Å². The van der Waals surface area contributed by atoms with Crippen molar-refractivity contribution < 1.29 is 9.53 Å². The van der Waals surface area contributed by atoms with E-state index in [1.165, 1.54) is 12.8 Å². The van der Waals surface area contributed by atoms with Crippen LogP contribution in [0.4, 0.5) is 0 Å². The molecule has 160 valence electrons. The Hall–Kier alpha value is -2.25. The summed E-state index contributed by atoms with van der Waals surface area (Å²) in [5.74, 6) is 1.60. The summed E-state index contributed by atoms with van der Waals surface area (Å²) in [5, 5.41) is 0.710. The van der Waals surface area contributed by atoms with E-state index in [9.17, 15) is 9.59 Å². The molecule has 1 aromatic heterocycles. The smallest absolute Gasteiger partial charge is 0.261 e. The molecule has 3 heterocycles. The van der Waals surface area contributed by atoms with Gasteiger partial charge in [-0.05, 0) is 56.7 Å². The summed E-state index contributed by atoms with van der Waals surface area (Å²) in [6.07, 6.45) is 5.39. The lowest BCUT2D eigenvalue weighted by molar-refractivity contribution is -0.134. The zero-order valence-electron chi connectivity index (χ0n) is 17.5. The number of carbonyl (C=O) groups is 1. The summed E-state index contributed by atoms with van der Waals surface area (Å²) >= 11 is 0. The van der Waals surface area contributed by atoms with Crippen molar-refractivity contribution in [2.45, 2.75) is 44.7 Å². The highest BCUT2D eigenvalue weighted by atomic mass is 16.5. The van der Waals surface area contributed by atoms with Gasteiger partial charge in [-0.2, -0.15) is 0 Å². The van der Waals surface area contributed by atoms with Crippen LogP contribution >= 0.6 is 0 Å². The van der Waals surface area contributed by atoms with Crippen molar-refractivity contribution in [1.29, 1.82) is 0 Å². The Morgan fingerprint density at radius 2 is 1.90 bits per heavy atom. The van der Waals surface area contributed by atoms with Crippen molar-refractivity contribution in [3.05, 3.63) is 40.4 Å². The van der Waals surface area contributed by atoms with Crippen LogP contribution in [0.15, 0.2) is 29.1 Å². The molecule has 1 amide bonds. The maximum absolute atomic E-state index is 13.3. The van der Waals surface area contributed by atoms with E-state index in [2.05, 4.69) is 4.90 Å². The third-order valence-electron chi connectivity index (χ3n) is 6.64. The number of para-hydroxylation sites is 1. The van der Waals surface area contributed by atoms with Crippen molar-refractivity contribution in [2.24, 2.45) is 5.92 Å². The van der Waals surface area contributed by atoms with Crippen molar-refractivity contribution in [2.75, 3.05) is 39.4 Å². The number of ether oxygens (including phenoxy) is 1. The lowest BCUT2D eigenvalue weighted by Gasteiger charge is -2.29. The van der Waals surface area contributed by atoms with Crippen LogP contribution in [0.1, 0.15) is 44.0 Å². The molecule has 1 saturated carbocycles. The van der Waals surface area contributed by atoms with Crippen molar-refractivity contribution in [3.8, 4) is 0 Å². The molecule has 5 rings (SSSR count). The van der Waals surface area contributed by atoms with Crippen LogP contribution in [0.25, 0.3) is 10.9 Å². The summed E-state index contributed by atoms with van der Waals surface area (Å²) in [6.45, 7) is 4.88. The number of rotatable bonds is 6. The van der Waals surface area contributed by atoms with E-state index in [1.807, 2.05) is 33.7 Å². The van der Waals surface area contributed by atoms with Gasteiger partial charge in [0, 0.05) is 32.8 Å². The molecule has 30 heavy (non-hydrogen) atoms. The lowest BCUT2D eigenvalue weighted by Crippen LogP contribution is -2.40. The van der Waals surface area contributed by atoms with E-state index in [0.29, 0.717) is 24.5 Å². The highest BCUT2D eigenvalue weighted by molar-refractivity contribution is 5.78. The van der Waals surface area contributed by atoms with Gasteiger partial charge in [-0.25, -0.2) is 4.98 Å². The van der Waals surface area contributed by atoms with E-state index in [4.69, 9.17) is 9.72 Å². The first-order valence-corrected chi connectivity index (χ1v) is 11.3. The topological polar surface area (TPSA) is 67.7 Å². The number of fused-ring (bicyclic) bond motifs is 1. The zero-order valence-corrected chi connectivity index (χ0v) is 17.5. The van der Waals surface area contributed by atoms with E-state index in [1.54, 1.807) is 0 Å². The van der Waals surface area contributed by atoms with Gasteiger partial charge in [0.1, 0.15) is 12.4 Å². The summed E-state index contributed by atoms with van der Waals surface area (Å²) in [4.78, 5) is 34.9. The highest BCUT2D eigenvalue weighted by Crippen LogP contribution is 2.34. The SMILES string of the molecule is O=C1COCCCN1CCN1CCCC1c1nc2ccccc2c(=O)n1CC1CC1. The van der Waals surface area contributed by atoms with Gasteiger partial charge in [-0.15, -0.1) is 0 Å². The summed E-state index contributed by atoms with van der Waals surface area (Å²) in [5.41, 5.74) is 0.880. The number of hydrogen-bond acceptors (Lipinski definition) is 5. The van der Waals surface area contributed by atoms with E-state index in [0.717, 1.165) is 56.8 Å². The van der Waals surface area contributed by atoms with Gasteiger partial charge in [0.25, 0.3) is 5.56 Å². The van der Waals surface area contributed by atoms with Crippen molar-refractivity contribution >= 4 is 16.8 Å². The standard InChI is InChI=1S/C23H30N4O3/c28-21-16-30-14-4-11-26(21)13-12-25-10-3-7-20(25)22-24-19-6-2-1-5-18(19)23(29)27(22)15-17-8-9-17/h1-2,5-6,17,20H,3-4,7-16H2. The molecule has 7 nitrogen and oxygen atoms in total. The van der Waals surface area contributed by atoms with E-state index < -0.39 is 0 Å². The fourth-order valence-corrected chi connectivity index (χ4v) is 4.78. The van der Waals surface area contributed by atoms with Crippen molar-refractivity contribution in [3.63, 3.8) is 0 Å². The van der Waals surface area contributed by atoms with Crippen LogP contribution in [-0.4, -0.2) is 64.7 Å². The first-order chi connectivity index (χ1) is 14.7. The van der Waals surface area contributed by atoms with Gasteiger partial charge in [-0.1, -0.05) is 12.1 Å². The molecule has 0 radical (unpaired) electrons. The van der Waals surface area contributed by atoms with Crippen LogP contribution < -0.4 is 5.56 Å². The molecule has 2 aromatic rings. The first kappa shape index (κ1) is 19.7. The number of amides is 1. The van der Waals surface area contributed by atoms with Crippen molar-refractivity contribution in [1.82, 2.24) is 19.4 Å². The Morgan fingerprint density at radius 1 is 1.03 bits per heavy atom. The minimum absolute atomic E-state index is 0.0812. The van der Waals surface area contributed by atoms with Gasteiger partial charge >= 0.3 is 0 Å². The molecule has 3 fully saturated rings. The number of benzene rings is 1. The van der Waals surface area contributed by atoms with Gasteiger partial charge in [0.05, 0.1) is 16.9 Å². The van der Waals surface area contributed by atoms with Crippen LogP contribution in [0.3, 0.4) is 0 Å². The minimum Gasteiger partial charge on any atom is -0.372 e. The first-order valence-electron chi connectivity index (χ1n) is 11.3. The monoisotopic (exact) mass is 410 g/mol. The molecule has 1 aliphatic carbocycles. The summed E-state index contributed by atoms with van der Waals surface area (Å²) in [6, 6.07) is 7.83. The van der Waals surface area contributed by atoms with E-state index >= 15 is 0 Å². The van der Waals surface area contributed by atoms with Gasteiger partial charge in [-0.3, -0.25) is 19.1 Å². The molecule has 3 aliphatic rings. The number of hydrogen-bond donors (Lipinski definition) is 0. The molecule has 7 heteroatoms. The number of nitrogens with zero attached hydrogens (tertiary/aromatic N) is 4. The van der Waals surface area contributed by atoms with Crippen LogP contribution in [-0.2, 0) is 16.1 Å². The van der Waals surface area contributed by atoms with Gasteiger partial charge in [0.2, 0.25) is 5.91 Å². The zero-order chi connectivity index (χ0) is 20.5. The Balaban J connectivity index is 1.41. The molecular formula is C23H30N4O3. The fraction of sp³-hybridized carbons (Fsp3) is 0.609. The Kier molecular flexibility index (Phi) is 5.56. The average molecular weight is 411 g/mol. The molecule has 0 N–H and O–H groups in total. The van der Waals surface area contributed by atoms with E-state index in [-0.39, 0.29) is 24.1 Å². The average Bonchev–Trinajstić information content (AvgIpc) is 3.50. The second-order valence-electron chi connectivity index (χ2n) is 8.83. The second-order valence-corrected chi connectivity index (χ2v) is 8.83. The molecule has 1 aromatic carbocycles. The van der Waals surface area contributed by atoms with Gasteiger partial charge < -0.3 is 9.64 Å². The normalized spacial score (nSPS) is 23.3. The van der Waals surface area contributed by atoms with Crippen LogP contribution in [0, 0.1) is 5.92 Å².